The quantitative estimate of drug-likeness (QED) is 0.789. The highest BCUT2D eigenvalue weighted by atomic mass is 127. The fourth-order valence-corrected chi connectivity index (χ4v) is 3.63. The molecule has 0 fully saturated rings. The maximum absolute atomic E-state index is 12.3. The lowest BCUT2D eigenvalue weighted by Crippen LogP contribution is -2.13. The van der Waals surface area contributed by atoms with Gasteiger partial charge in [-0.2, -0.15) is 0 Å². The number of halogens is 1. The molecule has 1 N–H and O–H groups in total. The maximum Gasteiger partial charge on any atom is 0.261 e. The van der Waals surface area contributed by atoms with E-state index in [2.05, 4.69) is 27.3 Å². The van der Waals surface area contributed by atoms with Crippen LogP contribution in [0.3, 0.4) is 0 Å². The monoisotopic (exact) mass is 401 g/mol. The van der Waals surface area contributed by atoms with E-state index in [4.69, 9.17) is 0 Å². The highest BCUT2D eigenvalue weighted by Crippen LogP contribution is 2.21. The van der Waals surface area contributed by atoms with Crippen LogP contribution in [0.1, 0.15) is 18.1 Å². The van der Waals surface area contributed by atoms with Gasteiger partial charge in [0.25, 0.3) is 10.0 Å². The van der Waals surface area contributed by atoms with E-state index in [0.29, 0.717) is 5.69 Å². The molecule has 2 aromatic carbocycles. The van der Waals surface area contributed by atoms with Crippen molar-refractivity contribution in [1.82, 2.24) is 0 Å². The van der Waals surface area contributed by atoms with Gasteiger partial charge in [-0.1, -0.05) is 19.1 Å². The normalized spacial score (nSPS) is 11.3. The Balaban J connectivity index is 2.30. The van der Waals surface area contributed by atoms with E-state index < -0.39 is 10.0 Å². The summed E-state index contributed by atoms with van der Waals surface area (Å²) in [5.74, 6) is 0. The van der Waals surface area contributed by atoms with Crippen LogP contribution in [-0.2, 0) is 16.4 Å². The Morgan fingerprint density at radius 3 is 2.30 bits per heavy atom. The van der Waals surface area contributed by atoms with Gasteiger partial charge in [0.15, 0.2) is 0 Å². The van der Waals surface area contributed by atoms with Crippen molar-refractivity contribution in [2.75, 3.05) is 4.72 Å². The molecule has 0 saturated carbocycles. The number of anilines is 1. The van der Waals surface area contributed by atoms with Crippen molar-refractivity contribution >= 4 is 38.3 Å². The first-order valence-electron chi connectivity index (χ1n) is 6.30. The molecule has 5 heteroatoms. The Morgan fingerprint density at radius 2 is 1.75 bits per heavy atom. The third-order valence-corrected chi connectivity index (χ3v) is 5.13. The summed E-state index contributed by atoms with van der Waals surface area (Å²) in [5, 5.41) is 0. The third-order valence-electron chi connectivity index (χ3n) is 3.07. The lowest BCUT2D eigenvalue weighted by Gasteiger charge is -2.11. The topological polar surface area (TPSA) is 46.2 Å². The number of nitrogens with one attached hydrogen (secondary N) is 1. The minimum absolute atomic E-state index is 0.285. The van der Waals surface area contributed by atoms with Crippen molar-refractivity contribution in [2.24, 2.45) is 0 Å². The Bertz CT molecular complexity index is 709. The molecule has 0 radical (unpaired) electrons. The molecular formula is C15H16INO2S. The SMILES string of the molecule is CCc1ccc(S(=O)(=O)Nc2ccc(I)cc2C)cc1. The summed E-state index contributed by atoms with van der Waals surface area (Å²) in [7, 11) is -3.53. The highest BCUT2D eigenvalue weighted by molar-refractivity contribution is 14.1. The van der Waals surface area contributed by atoms with Gasteiger partial charge in [-0.15, -0.1) is 0 Å². The lowest BCUT2D eigenvalue weighted by atomic mass is 10.2. The summed E-state index contributed by atoms with van der Waals surface area (Å²) >= 11 is 2.20. The molecule has 0 amide bonds. The van der Waals surface area contributed by atoms with Crippen LogP contribution in [-0.4, -0.2) is 8.42 Å². The van der Waals surface area contributed by atoms with E-state index in [1.165, 1.54) is 0 Å². The van der Waals surface area contributed by atoms with Gasteiger partial charge in [0.1, 0.15) is 0 Å². The molecule has 0 unspecified atom stereocenters. The summed E-state index contributed by atoms with van der Waals surface area (Å²) < 4.78 is 28.4. The standard InChI is InChI=1S/C15H16INO2S/c1-3-12-4-7-14(8-5-12)20(18,19)17-15-9-6-13(16)10-11(15)2/h4-10,17H,3H2,1-2H3. The first kappa shape index (κ1) is 15.3. The first-order chi connectivity index (χ1) is 9.42. The lowest BCUT2D eigenvalue weighted by molar-refractivity contribution is 0.601. The van der Waals surface area contributed by atoms with Gasteiger partial charge in [0, 0.05) is 3.57 Å². The van der Waals surface area contributed by atoms with Crippen molar-refractivity contribution in [3.63, 3.8) is 0 Å². The molecule has 0 spiro atoms. The van der Waals surface area contributed by atoms with Gasteiger partial charge in [-0.3, -0.25) is 4.72 Å². The van der Waals surface area contributed by atoms with Crippen LogP contribution in [0.5, 0.6) is 0 Å². The molecule has 0 heterocycles. The van der Waals surface area contributed by atoms with Gasteiger partial charge in [-0.05, 0) is 77.4 Å². The van der Waals surface area contributed by atoms with Gasteiger partial charge in [0.2, 0.25) is 0 Å². The van der Waals surface area contributed by atoms with Crippen molar-refractivity contribution < 1.29 is 8.42 Å². The summed E-state index contributed by atoms with van der Waals surface area (Å²) in [6.07, 6.45) is 0.893. The van der Waals surface area contributed by atoms with Crippen LogP contribution in [0.4, 0.5) is 5.69 Å². The molecule has 0 aliphatic carbocycles. The average Bonchev–Trinajstić information content (AvgIpc) is 2.42. The molecule has 2 rings (SSSR count). The fraction of sp³-hybridized carbons (Fsp3) is 0.200. The van der Waals surface area contributed by atoms with E-state index >= 15 is 0 Å². The van der Waals surface area contributed by atoms with Crippen molar-refractivity contribution in [3.8, 4) is 0 Å². The van der Waals surface area contributed by atoms with E-state index in [1.54, 1.807) is 18.2 Å². The zero-order valence-electron chi connectivity index (χ0n) is 11.4. The second-order valence-corrected chi connectivity index (χ2v) is 7.49. The first-order valence-corrected chi connectivity index (χ1v) is 8.86. The predicted octanol–water partition coefficient (Wildman–Crippen LogP) is 3.96. The second kappa shape index (κ2) is 6.13. The Labute approximate surface area is 133 Å². The number of rotatable bonds is 4. The summed E-state index contributed by atoms with van der Waals surface area (Å²) in [5.41, 5.74) is 2.64. The number of aryl methyl sites for hydroxylation is 2. The largest absolute Gasteiger partial charge is 0.279 e. The van der Waals surface area contributed by atoms with Crippen LogP contribution < -0.4 is 4.72 Å². The highest BCUT2D eigenvalue weighted by Gasteiger charge is 2.15. The van der Waals surface area contributed by atoms with E-state index in [-0.39, 0.29) is 4.90 Å². The molecule has 20 heavy (non-hydrogen) atoms. The van der Waals surface area contributed by atoms with Gasteiger partial charge in [-0.25, -0.2) is 8.42 Å². The Hall–Kier alpha value is -1.08. The van der Waals surface area contributed by atoms with Crippen molar-refractivity contribution in [1.29, 1.82) is 0 Å². The number of sulfonamides is 1. The third kappa shape index (κ3) is 3.52. The zero-order chi connectivity index (χ0) is 14.8. The fourth-order valence-electron chi connectivity index (χ4n) is 1.85. The van der Waals surface area contributed by atoms with Crippen molar-refractivity contribution in [2.45, 2.75) is 25.2 Å². The molecular weight excluding hydrogens is 385 g/mol. The minimum Gasteiger partial charge on any atom is -0.279 e. The number of benzene rings is 2. The van der Waals surface area contributed by atoms with Crippen LogP contribution >= 0.6 is 22.6 Å². The van der Waals surface area contributed by atoms with Crippen LogP contribution in [0.15, 0.2) is 47.4 Å². The van der Waals surface area contributed by atoms with Crippen LogP contribution in [0.25, 0.3) is 0 Å². The Morgan fingerprint density at radius 1 is 1.10 bits per heavy atom. The molecule has 0 aliphatic heterocycles. The summed E-state index contributed by atoms with van der Waals surface area (Å²) in [6.45, 7) is 3.93. The average molecular weight is 401 g/mol. The van der Waals surface area contributed by atoms with Crippen LogP contribution in [0, 0.1) is 10.5 Å². The van der Waals surface area contributed by atoms with Crippen LogP contribution in [0.2, 0.25) is 0 Å². The molecule has 0 bridgehead atoms. The maximum atomic E-state index is 12.3. The zero-order valence-corrected chi connectivity index (χ0v) is 14.3. The van der Waals surface area contributed by atoms with Gasteiger partial charge >= 0.3 is 0 Å². The molecule has 0 aromatic heterocycles. The number of hydrogen-bond acceptors (Lipinski definition) is 2. The summed E-state index contributed by atoms with van der Waals surface area (Å²) in [4.78, 5) is 0.285. The Kier molecular flexibility index (Phi) is 4.70. The summed E-state index contributed by atoms with van der Waals surface area (Å²) in [6, 6.07) is 12.6. The predicted molar refractivity (Wildman–Crippen MR) is 90.5 cm³/mol. The number of hydrogen-bond donors (Lipinski definition) is 1. The molecule has 106 valence electrons. The molecule has 0 aliphatic rings. The van der Waals surface area contributed by atoms with Gasteiger partial charge < -0.3 is 0 Å². The molecule has 3 nitrogen and oxygen atoms in total. The molecule has 0 atom stereocenters. The molecule has 2 aromatic rings. The smallest absolute Gasteiger partial charge is 0.261 e. The van der Waals surface area contributed by atoms with Crippen molar-refractivity contribution in [3.05, 3.63) is 57.2 Å². The van der Waals surface area contributed by atoms with Gasteiger partial charge in [0.05, 0.1) is 10.6 Å². The minimum atomic E-state index is -3.53. The van der Waals surface area contributed by atoms with E-state index in [1.807, 2.05) is 38.1 Å². The van der Waals surface area contributed by atoms with E-state index in [0.717, 1.165) is 21.1 Å². The van der Waals surface area contributed by atoms with E-state index in [9.17, 15) is 8.42 Å². The second-order valence-electron chi connectivity index (χ2n) is 4.56. The molecule has 0 saturated heterocycles.